The Morgan fingerprint density at radius 1 is 1.32 bits per heavy atom. The van der Waals surface area contributed by atoms with Crippen LogP contribution in [0.5, 0.6) is 0 Å². The van der Waals surface area contributed by atoms with Crippen molar-refractivity contribution in [3.8, 4) is 27.8 Å². The third-order valence-corrected chi connectivity index (χ3v) is 6.82. The van der Waals surface area contributed by atoms with Crippen molar-refractivity contribution >= 4 is 34.1 Å². The average molecular weight is 451 g/mol. The minimum Gasteiger partial charge on any atom is -0.319 e. The number of thiazole rings is 1. The fraction of sp³-hybridized carbons (Fsp3) is 0.273. The average Bonchev–Trinajstić information content (AvgIpc) is 3.49. The van der Waals surface area contributed by atoms with Gasteiger partial charge in [-0.2, -0.15) is 5.26 Å². The number of carbonyl (C=O) groups excluding carboxylic acids is 1. The van der Waals surface area contributed by atoms with Gasteiger partial charge < -0.3 is 10.2 Å². The van der Waals surface area contributed by atoms with E-state index < -0.39 is 0 Å². The minimum atomic E-state index is -0.129. The summed E-state index contributed by atoms with van der Waals surface area (Å²) < 4.78 is 0. The number of aromatic nitrogens is 2. The first kappa shape index (κ1) is 19.9. The number of nitriles is 1. The van der Waals surface area contributed by atoms with E-state index >= 15 is 0 Å². The summed E-state index contributed by atoms with van der Waals surface area (Å²) in [6, 6.07) is 13.7. The van der Waals surface area contributed by atoms with Gasteiger partial charge >= 0.3 is 6.03 Å². The van der Waals surface area contributed by atoms with E-state index in [1.165, 1.54) is 11.3 Å². The van der Waals surface area contributed by atoms with E-state index in [1.807, 2.05) is 30.0 Å². The van der Waals surface area contributed by atoms with Gasteiger partial charge in [-0.25, -0.2) is 14.8 Å². The zero-order valence-electron chi connectivity index (χ0n) is 16.7. The highest BCUT2D eigenvalue weighted by Crippen LogP contribution is 2.40. The number of aryl methyl sites for hydroxylation is 1. The Morgan fingerprint density at radius 2 is 2.19 bits per heavy atom. The summed E-state index contributed by atoms with van der Waals surface area (Å²) in [5, 5.41) is 16.6. The van der Waals surface area contributed by atoms with Crippen molar-refractivity contribution in [2.75, 3.05) is 18.4 Å². The third kappa shape index (κ3) is 3.88. The van der Waals surface area contributed by atoms with Crippen molar-refractivity contribution in [1.29, 1.82) is 5.26 Å². The Bertz CT molecular complexity index is 1200. The molecular formula is C22H19ClN6OS. The summed E-state index contributed by atoms with van der Waals surface area (Å²) in [4.78, 5) is 24.6. The summed E-state index contributed by atoms with van der Waals surface area (Å²) in [6.45, 7) is 3.43. The summed E-state index contributed by atoms with van der Waals surface area (Å²) in [7, 11) is 0. The maximum absolute atomic E-state index is 12.9. The van der Waals surface area contributed by atoms with Gasteiger partial charge in [-0.1, -0.05) is 35.1 Å². The van der Waals surface area contributed by atoms with Gasteiger partial charge in [-0.3, -0.25) is 5.32 Å². The molecule has 2 bridgehead atoms. The molecule has 2 aliphatic rings. The lowest BCUT2D eigenvalue weighted by atomic mass is 10.1. The number of likely N-dealkylation sites (tertiary alicyclic amines) is 1. The maximum Gasteiger partial charge on any atom is 0.323 e. The van der Waals surface area contributed by atoms with Crippen LogP contribution in [0.15, 0.2) is 36.4 Å². The van der Waals surface area contributed by atoms with Crippen LogP contribution < -0.4 is 10.6 Å². The second kappa shape index (κ2) is 7.93. The molecule has 2 amide bonds. The summed E-state index contributed by atoms with van der Waals surface area (Å²) in [6.07, 6.45) is 0.998. The number of rotatable bonds is 3. The van der Waals surface area contributed by atoms with Crippen LogP contribution >= 0.6 is 22.9 Å². The first-order chi connectivity index (χ1) is 15.0. The first-order valence-electron chi connectivity index (χ1n) is 9.97. The first-order valence-corrected chi connectivity index (χ1v) is 11.2. The standard InChI is InChI=1S/C22H19ClN6OS/c1-12-5-15(7-18(23)26-12)20-19(14-4-2-3-13(6-14)9-24)27-21(31-20)28-22(30)29-11-16-8-17(29)10-25-16/h2-7,16-17,25H,8,10-11H2,1H3,(H,27,28,30)/t16-,17-/m0/s1. The highest BCUT2D eigenvalue weighted by atomic mass is 35.5. The number of amides is 2. The van der Waals surface area contributed by atoms with Crippen LogP contribution in [0.4, 0.5) is 9.93 Å². The number of carbonyl (C=O) groups is 1. The number of fused-ring (bicyclic) bond motifs is 2. The number of piperazine rings is 1. The van der Waals surface area contributed by atoms with Crippen LogP contribution in [-0.4, -0.2) is 46.1 Å². The van der Waals surface area contributed by atoms with Gasteiger partial charge in [0.1, 0.15) is 5.15 Å². The molecule has 156 valence electrons. The molecule has 0 aliphatic carbocycles. The number of anilines is 1. The van der Waals surface area contributed by atoms with E-state index in [0.717, 1.165) is 34.7 Å². The van der Waals surface area contributed by atoms with Gasteiger partial charge in [0.2, 0.25) is 0 Å². The van der Waals surface area contributed by atoms with Crippen molar-refractivity contribution in [1.82, 2.24) is 20.2 Å². The Hall–Kier alpha value is -2.99. The lowest BCUT2D eigenvalue weighted by Crippen LogP contribution is -2.48. The van der Waals surface area contributed by atoms with E-state index in [2.05, 4.69) is 21.7 Å². The molecule has 2 saturated heterocycles. The molecular weight excluding hydrogens is 432 g/mol. The van der Waals surface area contributed by atoms with Crippen molar-refractivity contribution < 1.29 is 4.79 Å². The van der Waals surface area contributed by atoms with Gasteiger partial charge in [0.15, 0.2) is 5.13 Å². The highest BCUT2D eigenvalue weighted by molar-refractivity contribution is 7.19. The quantitative estimate of drug-likeness (QED) is 0.581. The van der Waals surface area contributed by atoms with Crippen LogP contribution in [-0.2, 0) is 0 Å². The monoisotopic (exact) mass is 450 g/mol. The van der Waals surface area contributed by atoms with Gasteiger partial charge in [0.05, 0.1) is 22.2 Å². The molecule has 2 N–H and O–H groups in total. The second-order valence-corrected chi connectivity index (χ2v) is 9.17. The third-order valence-electron chi connectivity index (χ3n) is 5.61. The molecule has 31 heavy (non-hydrogen) atoms. The zero-order chi connectivity index (χ0) is 21.5. The summed E-state index contributed by atoms with van der Waals surface area (Å²) in [5.74, 6) is 0. The second-order valence-electron chi connectivity index (χ2n) is 7.79. The van der Waals surface area contributed by atoms with Crippen LogP contribution in [0.3, 0.4) is 0 Å². The predicted octanol–water partition coefficient (Wildman–Crippen LogP) is 4.28. The normalized spacial score (nSPS) is 19.5. The lowest BCUT2D eigenvalue weighted by Gasteiger charge is -2.27. The number of nitrogens with one attached hydrogen (secondary N) is 2. The van der Waals surface area contributed by atoms with Gasteiger partial charge in [0.25, 0.3) is 0 Å². The molecule has 0 radical (unpaired) electrons. The molecule has 3 aromatic rings. The predicted molar refractivity (Wildman–Crippen MR) is 121 cm³/mol. The molecule has 2 fully saturated rings. The number of hydrogen-bond donors (Lipinski definition) is 2. The Kier molecular flexibility index (Phi) is 5.10. The largest absolute Gasteiger partial charge is 0.323 e. The number of hydrogen-bond acceptors (Lipinski definition) is 6. The van der Waals surface area contributed by atoms with Crippen molar-refractivity contribution in [2.45, 2.75) is 25.4 Å². The topological polar surface area (TPSA) is 93.9 Å². The summed E-state index contributed by atoms with van der Waals surface area (Å²) >= 11 is 7.60. The summed E-state index contributed by atoms with van der Waals surface area (Å²) in [5.41, 5.74) is 3.71. The number of benzene rings is 1. The number of urea groups is 1. The minimum absolute atomic E-state index is 0.129. The number of pyridine rings is 1. The molecule has 5 rings (SSSR count). The molecule has 7 nitrogen and oxygen atoms in total. The molecule has 4 heterocycles. The Labute approximate surface area is 188 Å². The Morgan fingerprint density at radius 3 is 2.90 bits per heavy atom. The fourth-order valence-electron chi connectivity index (χ4n) is 4.23. The zero-order valence-corrected chi connectivity index (χ0v) is 18.3. The van der Waals surface area contributed by atoms with E-state index in [1.54, 1.807) is 18.2 Å². The molecule has 1 aromatic carbocycles. The molecule has 2 atom stereocenters. The number of halogens is 1. The van der Waals surface area contributed by atoms with E-state index in [0.29, 0.717) is 34.1 Å². The Balaban J connectivity index is 1.53. The lowest BCUT2D eigenvalue weighted by molar-refractivity contribution is 0.199. The van der Waals surface area contributed by atoms with Crippen molar-refractivity contribution in [3.05, 3.63) is 52.8 Å². The molecule has 9 heteroatoms. The molecule has 2 aliphatic heterocycles. The molecule has 0 spiro atoms. The van der Waals surface area contributed by atoms with Crippen molar-refractivity contribution in [3.63, 3.8) is 0 Å². The van der Waals surface area contributed by atoms with E-state index in [4.69, 9.17) is 16.6 Å². The fourth-order valence-corrected chi connectivity index (χ4v) is 5.45. The van der Waals surface area contributed by atoms with Gasteiger partial charge in [-0.15, -0.1) is 0 Å². The van der Waals surface area contributed by atoms with Crippen LogP contribution in [0, 0.1) is 18.3 Å². The smallest absolute Gasteiger partial charge is 0.319 e. The van der Waals surface area contributed by atoms with Gasteiger partial charge in [0, 0.05) is 36.4 Å². The van der Waals surface area contributed by atoms with E-state index in [-0.39, 0.29) is 12.1 Å². The molecule has 0 saturated carbocycles. The maximum atomic E-state index is 12.9. The van der Waals surface area contributed by atoms with Crippen LogP contribution in [0.2, 0.25) is 5.15 Å². The highest BCUT2D eigenvalue weighted by Gasteiger charge is 2.40. The molecule has 0 unspecified atom stereocenters. The molecule has 2 aromatic heterocycles. The van der Waals surface area contributed by atoms with E-state index in [9.17, 15) is 10.1 Å². The van der Waals surface area contributed by atoms with Crippen molar-refractivity contribution in [2.24, 2.45) is 0 Å². The van der Waals surface area contributed by atoms with Crippen LogP contribution in [0.1, 0.15) is 17.7 Å². The number of nitrogens with zero attached hydrogens (tertiary/aromatic N) is 4. The van der Waals surface area contributed by atoms with Gasteiger partial charge in [-0.05, 0) is 43.2 Å². The SMILES string of the molecule is Cc1cc(-c2sc(NC(=O)N3C[C@@H]4C[C@H]3CN4)nc2-c2cccc(C#N)c2)cc(Cl)n1. The van der Waals surface area contributed by atoms with Crippen LogP contribution in [0.25, 0.3) is 21.7 Å².